The Morgan fingerprint density at radius 1 is 1.59 bits per heavy atom. The molecule has 0 aliphatic carbocycles. The summed E-state index contributed by atoms with van der Waals surface area (Å²) < 4.78 is 4.66. The molecular formula is C12H18N2O2S. The molecular weight excluding hydrogens is 236 g/mol. The van der Waals surface area contributed by atoms with Crippen LogP contribution in [0.1, 0.15) is 37.2 Å². The Balaban J connectivity index is 2.12. The van der Waals surface area contributed by atoms with Gasteiger partial charge in [-0.3, -0.25) is 0 Å². The molecule has 1 saturated heterocycles. The summed E-state index contributed by atoms with van der Waals surface area (Å²) in [6, 6.07) is 0. The highest BCUT2D eigenvalue weighted by molar-refractivity contribution is 7.13. The van der Waals surface area contributed by atoms with Crippen LogP contribution < -0.4 is 4.90 Å². The van der Waals surface area contributed by atoms with Gasteiger partial charge in [0.25, 0.3) is 0 Å². The fourth-order valence-corrected chi connectivity index (χ4v) is 3.02. The molecule has 0 aromatic carbocycles. The third-order valence-electron chi connectivity index (χ3n) is 3.06. The van der Waals surface area contributed by atoms with E-state index in [1.54, 1.807) is 5.38 Å². The first-order valence-electron chi connectivity index (χ1n) is 5.81. The second-order valence-corrected chi connectivity index (χ2v) is 6.03. The van der Waals surface area contributed by atoms with Crippen molar-refractivity contribution in [2.24, 2.45) is 5.41 Å². The Hall–Kier alpha value is -1.10. The first-order valence-corrected chi connectivity index (χ1v) is 6.69. The van der Waals surface area contributed by atoms with Crippen LogP contribution in [0.25, 0.3) is 0 Å². The molecule has 4 nitrogen and oxygen atoms in total. The molecule has 1 aliphatic heterocycles. The van der Waals surface area contributed by atoms with Gasteiger partial charge in [0.1, 0.15) is 0 Å². The van der Waals surface area contributed by atoms with Crippen LogP contribution in [0.5, 0.6) is 0 Å². The maximum atomic E-state index is 11.3. The molecule has 0 unspecified atom stereocenters. The molecule has 17 heavy (non-hydrogen) atoms. The summed E-state index contributed by atoms with van der Waals surface area (Å²) in [5.74, 6) is -0.358. The van der Waals surface area contributed by atoms with Crippen molar-refractivity contribution < 1.29 is 9.53 Å². The summed E-state index contributed by atoms with van der Waals surface area (Å²) in [4.78, 5) is 17.9. The zero-order valence-corrected chi connectivity index (χ0v) is 11.3. The maximum absolute atomic E-state index is 11.3. The summed E-state index contributed by atoms with van der Waals surface area (Å²) >= 11 is 1.51. The average Bonchev–Trinajstić information content (AvgIpc) is 2.76. The summed E-state index contributed by atoms with van der Waals surface area (Å²) in [7, 11) is 1.38. The molecule has 0 bridgehead atoms. The highest BCUT2D eigenvalue weighted by Crippen LogP contribution is 2.32. The molecule has 0 amide bonds. The zero-order valence-electron chi connectivity index (χ0n) is 10.5. The molecule has 1 aromatic rings. The van der Waals surface area contributed by atoms with Gasteiger partial charge in [-0.15, -0.1) is 11.3 Å². The van der Waals surface area contributed by atoms with Crippen LogP contribution in [0, 0.1) is 5.41 Å². The van der Waals surface area contributed by atoms with Gasteiger partial charge in [-0.05, 0) is 18.3 Å². The van der Waals surface area contributed by atoms with Crippen molar-refractivity contribution in [3.63, 3.8) is 0 Å². The van der Waals surface area contributed by atoms with E-state index in [0.29, 0.717) is 11.1 Å². The van der Waals surface area contributed by atoms with Crippen LogP contribution in [0.15, 0.2) is 5.38 Å². The van der Waals surface area contributed by atoms with Crippen LogP contribution in [-0.2, 0) is 4.74 Å². The summed E-state index contributed by atoms with van der Waals surface area (Å²) in [5.41, 5.74) is 0.742. The number of rotatable bonds is 2. The number of anilines is 1. The molecule has 0 radical (unpaired) electrons. The van der Waals surface area contributed by atoms with Gasteiger partial charge in [-0.2, -0.15) is 0 Å². The van der Waals surface area contributed by atoms with Crippen LogP contribution in [0.3, 0.4) is 0 Å². The minimum Gasteiger partial charge on any atom is -0.464 e. The van der Waals surface area contributed by atoms with Gasteiger partial charge in [0.2, 0.25) is 0 Å². The summed E-state index contributed by atoms with van der Waals surface area (Å²) in [6.45, 7) is 6.57. The number of nitrogens with zero attached hydrogens (tertiary/aromatic N) is 2. The Morgan fingerprint density at radius 3 is 3.00 bits per heavy atom. The van der Waals surface area contributed by atoms with Crippen molar-refractivity contribution >= 4 is 22.4 Å². The largest absolute Gasteiger partial charge is 0.464 e. The molecule has 1 aliphatic rings. The average molecular weight is 254 g/mol. The van der Waals surface area contributed by atoms with Crippen molar-refractivity contribution in [2.75, 3.05) is 25.1 Å². The fourth-order valence-electron chi connectivity index (χ4n) is 2.19. The Bertz CT molecular complexity index is 414. The number of hydrogen-bond acceptors (Lipinski definition) is 5. The molecule has 1 fully saturated rings. The standard InChI is InChI=1S/C12H18N2O2S/c1-12(2)5-4-6-14(8-12)11-13-9(7-17-11)10(15)16-3/h7H,4-6,8H2,1-3H3. The van der Waals surface area contributed by atoms with Crippen LogP contribution >= 0.6 is 11.3 Å². The van der Waals surface area contributed by atoms with Gasteiger partial charge in [-0.1, -0.05) is 13.8 Å². The van der Waals surface area contributed by atoms with Gasteiger partial charge in [0.05, 0.1) is 7.11 Å². The number of hydrogen-bond donors (Lipinski definition) is 0. The highest BCUT2D eigenvalue weighted by atomic mass is 32.1. The minimum atomic E-state index is -0.358. The topological polar surface area (TPSA) is 42.4 Å². The van der Waals surface area contributed by atoms with E-state index in [1.807, 2.05) is 0 Å². The van der Waals surface area contributed by atoms with Crippen molar-refractivity contribution in [3.05, 3.63) is 11.1 Å². The molecule has 5 heteroatoms. The zero-order chi connectivity index (χ0) is 12.5. The van der Waals surface area contributed by atoms with Gasteiger partial charge < -0.3 is 9.64 Å². The quantitative estimate of drug-likeness (QED) is 0.761. The molecule has 94 valence electrons. The van der Waals surface area contributed by atoms with E-state index < -0.39 is 0 Å². The lowest BCUT2D eigenvalue weighted by atomic mass is 9.84. The van der Waals surface area contributed by atoms with E-state index in [1.165, 1.54) is 31.3 Å². The number of esters is 1. The van der Waals surface area contributed by atoms with Gasteiger partial charge >= 0.3 is 5.97 Å². The molecule has 0 spiro atoms. The minimum absolute atomic E-state index is 0.329. The lowest BCUT2D eigenvalue weighted by Crippen LogP contribution is -2.40. The third-order valence-corrected chi connectivity index (χ3v) is 3.96. The van der Waals surface area contributed by atoms with Gasteiger partial charge in [0, 0.05) is 18.5 Å². The van der Waals surface area contributed by atoms with Crippen LogP contribution in [0.4, 0.5) is 5.13 Å². The summed E-state index contributed by atoms with van der Waals surface area (Å²) in [6.07, 6.45) is 2.43. The fraction of sp³-hybridized carbons (Fsp3) is 0.667. The number of ether oxygens (including phenoxy) is 1. The monoisotopic (exact) mass is 254 g/mol. The SMILES string of the molecule is COC(=O)c1csc(N2CCCC(C)(C)C2)n1. The third kappa shape index (κ3) is 2.77. The number of methoxy groups -OCH3 is 1. The van der Waals surface area contributed by atoms with Crippen molar-refractivity contribution in [1.29, 1.82) is 0 Å². The molecule has 2 heterocycles. The van der Waals surface area contributed by atoms with E-state index in [-0.39, 0.29) is 5.97 Å². The van der Waals surface area contributed by atoms with E-state index >= 15 is 0 Å². The number of thiazole rings is 1. The molecule has 0 saturated carbocycles. The lowest BCUT2D eigenvalue weighted by Gasteiger charge is -2.37. The van der Waals surface area contributed by atoms with Crippen LogP contribution in [-0.4, -0.2) is 31.2 Å². The highest BCUT2D eigenvalue weighted by Gasteiger charge is 2.28. The Kier molecular flexibility index (Phi) is 3.38. The first kappa shape index (κ1) is 12.4. The smallest absolute Gasteiger partial charge is 0.357 e. The molecule has 0 atom stereocenters. The molecule has 2 rings (SSSR count). The number of piperidine rings is 1. The van der Waals surface area contributed by atoms with Crippen molar-refractivity contribution in [2.45, 2.75) is 26.7 Å². The van der Waals surface area contributed by atoms with Crippen LogP contribution in [0.2, 0.25) is 0 Å². The van der Waals surface area contributed by atoms with E-state index in [0.717, 1.165) is 18.2 Å². The van der Waals surface area contributed by atoms with Crippen molar-refractivity contribution in [3.8, 4) is 0 Å². The van der Waals surface area contributed by atoms with E-state index in [9.17, 15) is 4.79 Å². The first-order chi connectivity index (χ1) is 8.02. The van der Waals surface area contributed by atoms with E-state index in [4.69, 9.17) is 0 Å². The lowest BCUT2D eigenvalue weighted by molar-refractivity contribution is 0.0595. The van der Waals surface area contributed by atoms with Crippen molar-refractivity contribution in [1.82, 2.24) is 4.98 Å². The normalized spacial score (nSPS) is 19.1. The Labute approximate surface area is 106 Å². The second kappa shape index (κ2) is 4.64. The van der Waals surface area contributed by atoms with Gasteiger partial charge in [0.15, 0.2) is 10.8 Å². The molecule has 0 N–H and O–H groups in total. The second-order valence-electron chi connectivity index (χ2n) is 5.20. The van der Waals surface area contributed by atoms with Gasteiger partial charge in [-0.25, -0.2) is 9.78 Å². The number of carbonyl (C=O) groups excluding carboxylic acids is 1. The number of aromatic nitrogens is 1. The molecule has 1 aromatic heterocycles. The number of carbonyl (C=O) groups is 1. The maximum Gasteiger partial charge on any atom is 0.357 e. The van der Waals surface area contributed by atoms with E-state index in [2.05, 4.69) is 28.5 Å². The predicted molar refractivity (Wildman–Crippen MR) is 68.7 cm³/mol. The predicted octanol–water partition coefficient (Wildman–Crippen LogP) is 2.56. The summed E-state index contributed by atoms with van der Waals surface area (Å²) in [5, 5.41) is 2.70. The Morgan fingerprint density at radius 2 is 2.35 bits per heavy atom.